The van der Waals surface area contributed by atoms with Crippen LogP contribution in [0, 0.1) is 6.92 Å². The molecule has 4 rings (SSSR count). The first-order chi connectivity index (χ1) is 11.2. The molecule has 1 fully saturated rings. The molecule has 1 N–H and O–H groups in total. The molecular weight excluding hydrogens is 286 g/mol. The third-order valence-electron chi connectivity index (χ3n) is 5.27. The Balaban J connectivity index is 1.54. The van der Waals surface area contributed by atoms with E-state index in [-0.39, 0.29) is 18.2 Å². The number of hydrogen-bond donors (Lipinski definition) is 1. The number of benzene rings is 2. The van der Waals surface area contributed by atoms with Crippen LogP contribution in [0.3, 0.4) is 0 Å². The van der Waals surface area contributed by atoms with Crippen LogP contribution in [0.2, 0.25) is 0 Å². The molecule has 1 aliphatic heterocycles. The molecule has 23 heavy (non-hydrogen) atoms. The maximum Gasteiger partial charge on any atom is 0.0955 e. The van der Waals surface area contributed by atoms with Gasteiger partial charge in [0.2, 0.25) is 0 Å². The summed E-state index contributed by atoms with van der Waals surface area (Å²) in [4.78, 5) is 2.41. The molecule has 1 saturated heterocycles. The number of nitrogens with zero attached hydrogens (tertiary/aromatic N) is 1. The first-order valence-corrected chi connectivity index (χ1v) is 8.41. The molecule has 0 saturated carbocycles. The third kappa shape index (κ3) is 2.69. The Bertz CT molecular complexity index is 700. The van der Waals surface area contributed by atoms with Crippen molar-refractivity contribution in [3.8, 4) is 0 Å². The van der Waals surface area contributed by atoms with Crippen molar-refractivity contribution in [2.45, 2.75) is 31.6 Å². The van der Waals surface area contributed by atoms with Crippen LogP contribution < -0.4 is 0 Å². The number of rotatable bonds is 2. The van der Waals surface area contributed by atoms with Gasteiger partial charge in [-0.05, 0) is 35.6 Å². The molecule has 1 heterocycles. The molecule has 0 bridgehead atoms. The zero-order valence-electron chi connectivity index (χ0n) is 13.5. The lowest BCUT2D eigenvalue weighted by Gasteiger charge is -2.38. The Hall–Kier alpha value is -1.68. The molecule has 0 aromatic heterocycles. The normalized spacial score (nSPS) is 27.8. The molecule has 2 aliphatic rings. The van der Waals surface area contributed by atoms with E-state index in [1.54, 1.807) is 0 Å². The second kappa shape index (κ2) is 6.08. The summed E-state index contributed by atoms with van der Waals surface area (Å²) in [7, 11) is 0. The molecule has 3 heteroatoms. The Morgan fingerprint density at radius 2 is 1.78 bits per heavy atom. The summed E-state index contributed by atoms with van der Waals surface area (Å²) in [6.45, 7) is 4.59. The highest BCUT2D eigenvalue weighted by atomic mass is 16.5. The molecule has 0 amide bonds. The van der Waals surface area contributed by atoms with Gasteiger partial charge < -0.3 is 9.84 Å². The smallest absolute Gasteiger partial charge is 0.0955 e. The maximum absolute atomic E-state index is 10.7. The molecule has 0 radical (unpaired) electrons. The van der Waals surface area contributed by atoms with Crippen molar-refractivity contribution in [2.24, 2.45) is 0 Å². The molecule has 2 aromatic carbocycles. The highest BCUT2D eigenvalue weighted by Crippen LogP contribution is 2.36. The van der Waals surface area contributed by atoms with Gasteiger partial charge in [0.15, 0.2) is 0 Å². The quantitative estimate of drug-likeness (QED) is 0.925. The lowest BCUT2D eigenvalue weighted by Crippen LogP contribution is -2.46. The Morgan fingerprint density at radius 1 is 1.04 bits per heavy atom. The van der Waals surface area contributed by atoms with E-state index in [9.17, 15) is 5.11 Å². The highest BCUT2D eigenvalue weighted by Gasteiger charge is 2.37. The van der Waals surface area contributed by atoms with Crippen molar-refractivity contribution in [3.05, 3.63) is 70.8 Å². The minimum absolute atomic E-state index is 0.0980. The van der Waals surface area contributed by atoms with Gasteiger partial charge in [-0.1, -0.05) is 48.5 Å². The Labute approximate surface area is 137 Å². The van der Waals surface area contributed by atoms with Crippen LogP contribution in [0.5, 0.6) is 0 Å². The second-order valence-electron chi connectivity index (χ2n) is 6.63. The number of aliphatic hydroxyl groups is 1. The second-order valence-corrected chi connectivity index (χ2v) is 6.63. The fourth-order valence-electron chi connectivity index (χ4n) is 3.99. The number of aryl methyl sites for hydroxylation is 1. The van der Waals surface area contributed by atoms with Gasteiger partial charge >= 0.3 is 0 Å². The molecule has 0 spiro atoms. The first kappa shape index (κ1) is 14.9. The summed E-state index contributed by atoms with van der Waals surface area (Å²) in [5, 5.41) is 10.7. The average molecular weight is 309 g/mol. The highest BCUT2D eigenvalue weighted by molar-refractivity contribution is 5.36. The van der Waals surface area contributed by atoms with E-state index < -0.39 is 0 Å². The van der Waals surface area contributed by atoms with Gasteiger partial charge in [0.25, 0.3) is 0 Å². The minimum atomic E-state index is -0.387. The molecule has 1 aliphatic carbocycles. The average Bonchev–Trinajstić information content (AvgIpc) is 2.93. The molecule has 3 unspecified atom stereocenters. The Kier molecular flexibility index (Phi) is 3.93. The standard InChI is InChI=1S/C20H23NO2/c1-14-6-2-4-8-16(14)19-13-21(10-11-23-19)18-12-15-7-3-5-9-17(15)20(18)22/h2-9,18-20,22H,10-13H2,1H3. The zero-order chi connectivity index (χ0) is 15.8. The van der Waals surface area contributed by atoms with Gasteiger partial charge in [0, 0.05) is 19.1 Å². The fraction of sp³-hybridized carbons (Fsp3) is 0.400. The van der Waals surface area contributed by atoms with Crippen LogP contribution in [0.1, 0.15) is 34.5 Å². The van der Waals surface area contributed by atoms with Crippen LogP contribution in [-0.4, -0.2) is 35.7 Å². The zero-order valence-corrected chi connectivity index (χ0v) is 13.5. The number of aliphatic hydroxyl groups excluding tert-OH is 1. The van der Waals surface area contributed by atoms with Crippen LogP contribution in [0.4, 0.5) is 0 Å². The van der Waals surface area contributed by atoms with E-state index in [1.165, 1.54) is 16.7 Å². The predicted molar refractivity (Wildman–Crippen MR) is 90.3 cm³/mol. The van der Waals surface area contributed by atoms with Gasteiger partial charge in [-0.3, -0.25) is 4.90 Å². The maximum atomic E-state index is 10.7. The summed E-state index contributed by atoms with van der Waals surface area (Å²) >= 11 is 0. The fourth-order valence-corrected chi connectivity index (χ4v) is 3.99. The van der Waals surface area contributed by atoms with Gasteiger partial charge in [-0.2, -0.15) is 0 Å². The summed E-state index contributed by atoms with van der Waals surface area (Å²) in [6.07, 6.45) is 0.639. The number of fused-ring (bicyclic) bond motifs is 1. The Morgan fingerprint density at radius 3 is 2.57 bits per heavy atom. The van der Waals surface area contributed by atoms with Crippen molar-refractivity contribution >= 4 is 0 Å². The van der Waals surface area contributed by atoms with Crippen molar-refractivity contribution in [1.82, 2.24) is 4.90 Å². The molecular formula is C20H23NO2. The first-order valence-electron chi connectivity index (χ1n) is 8.41. The van der Waals surface area contributed by atoms with E-state index in [0.29, 0.717) is 0 Å². The van der Waals surface area contributed by atoms with E-state index in [4.69, 9.17) is 4.74 Å². The van der Waals surface area contributed by atoms with Crippen molar-refractivity contribution in [1.29, 1.82) is 0 Å². The van der Waals surface area contributed by atoms with Crippen molar-refractivity contribution < 1.29 is 9.84 Å². The third-order valence-corrected chi connectivity index (χ3v) is 5.27. The van der Waals surface area contributed by atoms with Crippen molar-refractivity contribution in [2.75, 3.05) is 19.7 Å². The molecule has 2 aromatic rings. The lowest BCUT2D eigenvalue weighted by atomic mass is 10.0. The van der Waals surface area contributed by atoms with E-state index in [1.807, 2.05) is 6.07 Å². The molecule has 3 nitrogen and oxygen atoms in total. The predicted octanol–water partition coefficient (Wildman–Crippen LogP) is 3.03. The SMILES string of the molecule is Cc1ccccc1C1CN(C2Cc3ccccc3C2O)CCO1. The molecule has 3 atom stereocenters. The lowest BCUT2D eigenvalue weighted by molar-refractivity contribution is -0.0635. The summed E-state index contributed by atoms with van der Waals surface area (Å²) < 4.78 is 6.02. The van der Waals surface area contributed by atoms with E-state index >= 15 is 0 Å². The van der Waals surface area contributed by atoms with Gasteiger partial charge in [-0.25, -0.2) is 0 Å². The van der Waals surface area contributed by atoms with Crippen molar-refractivity contribution in [3.63, 3.8) is 0 Å². The van der Waals surface area contributed by atoms with Crippen LogP contribution >= 0.6 is 0 Å². The molecule has 120 valence electrons. The summed E-state index contributed by atoms with van der Waals surface area (Å²) in [5.41, 5.74) is 4.91. The van der Waals surface area contributed by atoms with E-state index in [2.05, 4.69) is 54.3 Å². The monoisotopic (exact) mass is 309 g/mol. The summed E-state index contributed by atoms with van der Waals surface area (Å²) in [5.74, 6) is 0. The number of ether oxygens (including phenoxy) is 1. The van der Waals surface area contributed by atoms with Crippen LogP contribution in [0.15, 0.2) is 48.5 Å². The summed E-state index contributed by atoms with van der Waals surface area (Å²) in [6, 6.07) is 16.9. The topological polar surface area (TPSA) is 32.7 Å². The van der Waals surface area contributed by atoms with Crippen LogP contribution in [-0.2, 0) is 11.2 Å². The minimum Gasteiger partial charge on any atom is -0.387 e. The number of morpholine rings is 1. The van der Waals surface area contributed by atoms with Gasteiger partial charge in [-0.15, -0.1) is 0 Å². The number of hydrogen-bond acceptors (Lipinski definition) is 3. The van der Waals surface area contributed by atoms with E-state index in [0.717, 1.165) is 31.7 Å². The van der Waals surface area contributed by atoms with Gasteiger partial charge in [0.05, 0.1) is 18.8 Å². The van der Waals surface area contributed by atoms with Crippen LogP contribution in [0.25, 0.3) is 0 Å². The largest absolute Gasteiger partial charge is 0.387 e. The van der Waals surface area contributed by atoms with Gasteiger partial charge in [0.1, 0.15) is 0 Å².